The number of hydrogen-bond donors (Lipinski definition) is 1. The lowest BCUT2D eigenvalue weighted by molar-refractivity contribution is -0.144. The highest BCUT2D eigenvalue weighted by Crippen LogP contribution is 2.37. The lowest BCUT2D eigenvalue weighted by Crippen LogP contribution is -2.09. The van der Waals surface area contributed by atoms with Gasteiger partial charge in [-0.1, -0.05) is 19.1 Å². The van der Waals surface area contributed by atoms with E-state index in [9.17, 15) is 14.7 Å². The van der Waals surface area contributed by atoms with E-state index in [2.05, 4.69) is 0 Å². The Morgan fingerprint density at radius 3 is 2.62 bits per heavy atom. The normalized spacial score (nSPS) is 20.7. The lowest BCUT2D eigenvalue weighted by atomic mass is 9.95. The van der Waals surface area contributed by atoms with Crippen molar-refractivity contribution in [1.29, 1.82) is 0 Å². The Morgan fingerprint density at radius 2 is 1.92 bits per heavy atom. The maximum Gasteiger partial charge on any atom is 0.309 e. The topological polar surface area (TPSA) is 76.7 Å². The van der Waals surface area contributed by atoms with Gasteiger partial charge in [-0.05, 0) is 30.7 Å². The summed E-state index contributed by atoms with van der Waals surface area (Å²) in [5.74, 6) is -0.583. The van der Waals surface area contributed by atoms with Crippen LogP contribution in [-0.2, 0) is 9.53 Å². The molecule has 0 aliphatic carbocycles. The van der Waals surface area contributed by atoms with Gasteiger partial charge in [-0.2, -0.15) is 0 Å². The van der Waals surface area contributed by atoms with Crippen LogP contribution in [0, 0.1) is 12.8 Å². The average Bonchev–Trinajstić information content (AvgIpc) is 2.85. The standard InChI is InChI=1S/C19H16O5/c1-9-6-11(14-8-10(2)19(22)24-14)16-15(7-9)23-13-5-3-4-12(20)17(13)18(16)21/h3-7,10,14,20H,8H2,1-2H3. The Labute approximate surface area is 137 Å². The second kappa shape index (κ2) is 5.09. The first-order valence-electron chi connectivity index (χ1n) is 7.85. The zero-order valence-electron chi connectivity index (χ0n) is 13.3. The quantitative estimate of drug-likeness (QED) is 0.547. The van der Waals surface area contributed by atoms with Crippen molar-refractivity contribution < 1.29 is 19.1 Å². The molecule has 122 valence electrons. The molecule has 5 nitrogen and oxygen atoms in total. The van der Waals surface area contributed by atoms with E-state index in [1.54, 1.807) is 18.2 Å². The van der Waals surface area contributed by atoms with Gasteiger partial charge in [0.15, 0.2) is 0 Å². The number of carbonyl (C=O) groups excluding carboxylic acids is 1. The van der Waals surface area contributed by atoms with E-state index in [4.69, 9.17) is 9.15 Å². The van der Waals surface area contributed by atoms with Gasteiger partial charge in [-0.3, -0.25) is 9.59 Å². The molecule has 2 heterocycles. The molecule has 2 unspecified atom stereocenters. The van der Waals surface area contributed by atoms with Gasteiger partial charge in [0.25, 0.3) is 0 Å². The zero-order valence-corrected chi connectivity index (χ0v) is 13.3. The number of esters is 1. The molecule has 2 atom stereocenters. The van der Waals surface area contributed by atoms with Crippen LogP contribution in [0.15, 0.2) is 39.5 Å². The van der Waals surface area contributed by atoms with Gasteiger partial charge in [0.1, 0.15) is 28.4 Å². The van der Waals surface area contributed by atoms with Crippen molar-refractivity contribution in [2.45, 2.75) is 26.4 Å². The monoisotopic (exact) mass is 324 g/mol. The van der Waals surface area contributed by atoms with Crippen LogP contribution in [0.3, 0.4) is 0 Å². The van der Waals surface area contributed by atoms with Gasteiger partial charge in [0.05, 0.1) is 11.3 Å². The third kappa shape index (κ3) is 2.08. The Kier molecular flexibility index (Phi) is 3.13. The van der Waals surface area contributed by atoms with Crippen LogP contribution >= 0.6 is 0 Å². The van der Waals surface area contributed by atoms with Crippen LogP contribution in [0.2, 0.25) is 0 Å². The lowest BCUT2D eigenvalue weighted by Gasteiger charge is -2.14. The summed E-state index contributed by atoms with van der Waals surface area (Å²) in [6, 6.07) is 8.36. The number of cyclic esters (lactones) is 1. The Hall–Kier alpha value is -2.82. The van der Waals surface area contributed by atoms with E-state index >= 15 is 0 Å². The molecule has 2 aromatic carbocycles. The van der Waals surface area contributed by atoms with Crippen molar-refractivity contribution in [3.05, 3.63) is 51.7 Å². The minimum Gasteiger partial charge on any atom is -0.507 e. The van der Waals surface area contributed by atoms with E-state index in [1.165, 1.54) is 6.07 Å². The third-order valence-corrected chi connectivity index (χ3v) is 4.53. The van der Waals surface area contributed by atoms with Crippen molar-refractivity contribution in [2.24, 2.45) is 5.92 Å². The fourth-order valence-electron chi connectivity index (χ4n) is 3.35. The second-order valence-corrected chi connectivity index (χ2v) is 6.37. The van der Waals surface area contributed by atoms with Gasteiger partial charge >= 0.3 is 5.97 Å². The number of aromatic hydroxyl groups is 1. The number of rotatable bonds is 1. The molecule has 1 aliphatic rings. The van der Waals surface area contributed by atoms with Crippen molar-refractivity contribution in [1.82, 2.24) is 0 Å². The molecule has 4 rings (SSSR count). The molecule has 1 aromatic heterocycles. The van der Waals surface area contributed by atoms with Gasteiger partial charge in [-0.25, -0.2) is 0 Å². The molecule has 24 heavy (non-hydrogen) atoms. The number of aryl methyl sites for hydroxylation is 1. The average molecular weight is 324 g/mol. The van der Waals surface area contributed by atoms with E-state index in [0.29, 0.717) is 28.5 Å². The Balaban J connectivity index is 2.09. The summed E-state index contributed by atoms with van der Waals surface area (Å²) >= 11 is 0. The number of benzene rings is 2. The molecule has 0 spiro atoms. The van der Waals surface area contributed by atoms with Crippen LogP contribution in [0.5, 0.6) is 5.75 Å². The predicted molar refractivity (Wildman–Crippen MR) is 89.0 cm³/mol. The highest BCUT2D eigenvalue weighted by atomic mass is 16.6. The second-order valence-electron chi connectivity index (χ2n) is 6.37. The summed E-state index contributed by atoms with van der Waals surface area (Å²) in [6.07, 6.45) is 0.0522. The van der Waals surface area contributed by atoms with Crippen molar-refractivity contribution in [2.75, 3.05) is 0 Å². The SMILES string of the molecule is Cc1cc(C2CC(C)C(=O)O2)c2c(=O)c3c(O)cccc3oc2c1. The number of carbonyl (C=O) groups is 1. The van der Waals surface area contributed by atoms with Crippen molar-refractivity contribution >= 4 is 27.9 Å². The van der Waals surface area contributed by atoms with E-state index in [0.717, 1.165) is 5.56 Å². The molecule has 1 aliphatic heterocycles. The molecular formula is C19H16O5. The largest absolute Gasteiger partial charge is 0.507 e. The molecule has 0 radical (unpaired) electrons. The zero-order chi connectivity index (χ0) is 17.0. The van der Waals surface area contributed by atoms with Gasteiger partial charge in [0, 0.05) is 12.0 Å². The fourth-order valence-corrected chi connectivity index (χ4v) is 3.35. The molecule has 5 heteroatoms. The van der Waals surface area contributed by atoms with Crippen LogP contribution in [-0.4, -0.2) is 11.1 Å². The van der Waals surface area contributed by atoms with Crippen molar-refractivity contribution in [3.63, 3.8) is 0 Å². The van der Waals surface area contributed by atoms with Crippen LogP contribution < -0.4 is 5.43 Å². The summed E-state index contributed by atoms with van der Waals surface area (Å²) in [5.41, 5.74) is 2.01. The number of ether oxygens (including phenoxy) is 1. The highest BCUT2D eigenvalue weighted by Gasteiger charge is 2.34. The predicted octanol–water partition coefficient (Wildman–Crippen LogP) is 3.58. The van der Waals surface area contributed by atoms with Gasteiger partial charge < -0.3 is 14.3 Å². The Morgan fingerprint density at radius 1 is 1.12 bits per heavy atom. The van der Waals surface area contributed by atoms with Gasteiger partial charge in [0.2, 0.25) is 5.43 Å². The van der Waals surface area contributed by atoms with Crippen LogP contribution in [0.25, 0.3) is 21.9 Å². The van der Waals surface area contributed by atoms with E-state index in [-0.39, 0.29) is 28.5 Å². The summed E-state index contributed by atoms with van der Waals surface area (Å²) < 4.78 is 11.3. The summed E-state index contributed by atoms with van der Waals surface area (Å²) in [7, 11) is 0. The molecule has 3 aromatic rings. The number of phenolic OH excluding ortho intramolecular Hbond substituents is 1. The molecule has 0 bridgehead atoms. The van der Waals surface area contributed by atoms with Gasteiger partial charge in [-0.15, -0.1) is 0 Å². The van der Waals surface area contributed by atoms with E-state index in [1.807, 2.05) is 19.9 Å². The first-order chi connectivity index (χ1) is 11.5. The molecule has 0 amide bonds. The first kappa shape index (κ1) is 14.8. The number of fused-ring (bicyclic) bond motifs is 2. The summed E-state index contributed by atoms with van der Waals surface area (Å²) in [4.78, 5) is 24.8. The maximum absolute atomic E-state index is 13.0. The summed E-state index contributed by atoms with van der Waals surface area (Å²) in [6.45, 7) is 3.71. The summed E-state index contributed by atoms with van der Waals surface area (Å²) in [5, 5.41) is 10.6. The highest BCUT2D eigenvalue weighted by molar-refractivity contribution is 5.95. The van der Waals surface area contributed by atoms with E-state index < -0.39 is 6.10 Å². The van der Waals surface area contributed by atoms with Crippen molar-refractivity contribution in [3.8, 4) is 5.75 Å². The minimum atomic E-state index is -0.471. The molecular weight excluding hydrogens is 308 g/mol. The number of phenols is 1. The Bertz CT molecular complexity index is 1050. The minimum absolute atomic E-state index is 0.119. The first-order valence-corrected chi connectivity index (χ1v) is 7.85. The number of hydrogen-bond acceptors (Lipinski definition) is 5. The molecule has 1 saturated heterocycles. The maximum atomic E-state index is 13.0. The molecule has 1 fully saturated rings. The van der Waals surface area contributed by atoms with Crippen LogP contribution in [0.1, 0.15) is 30.6 Å². The molecule has 0 saturated carbocycles. The smallest absolute Gasteiger partial charge is 0.309 e. The third-order valence-electron chi connectivity index (χ3n) is 4.53. The fraction of sp³-hybridized carbons (Fsp3) is 0.263. The van der Waals surface area contributed by atoms with Crippen LogP contribution in [0.4, 0.5) is 0 Å². The molecule has 1 N–H and O–H groups in total.